The Labute approximate surface area is 140 Å². The first-order chi connectivity index (χ1) is 11.4. The third kappa shape index (κ3) is 4.66. The van der Waals surface area contributed by atoms with Crippen LogP contribution in [0.5, 0.6) is 0 Å². The van der Waals surface area contributed by atoms with Crippen LogP contribution in [0.25, 0.3) is 6.08 Å². The number of nitrogens with zero attached hydrogens (tertiary/aromatic N) is 1. The molecule has 0 aliphatic carbocycles. The number of aryl methyl sites for hydroxylation is 1. The molecule has 0 fully saturated rings. The van der Waals surface area contributed by atoms with Gasteiger partial charge in [0, 0.05) is 0 Å². The van der Waals surface area contributed by atoms with Crippen LogP contribution in [0.15, 0.2) is 62.4 Å². The number of ether oxygens (including phenoxy) is 1. The van der Waals surface area contributed by atoms with E-state index in [0.29, 0.717) is 5.76 Å². The van der Waals surface area contributed by atoms with Crippen LogP contribution in [0.2, 0.25) is 0 Å². The molecule has 0 N–H and O–H groups in total. The smallest absolute Gasteiger partial charge is 0.357 e. The molecular formula is C17H17NO5S. The second kappa shape index (κ2) is 7.74. The molecule has 2 rings (SSSR count). The molecule has 0 saturated carbocycles. The van der Waals surface area contributed by atoms with Gasteiger partial charge in [0.15, 0.2) is 5.71 Å². The third-order valence-corrected chi connectivity index (χ3v) is 4.28. The Hall–Kier alpha value is -2.67. The van der Waals surface area contributed by atoms with E-state index in [0.717, 1.165) is 5.56 Å². The van der Waals surface area contributed by atoms with Gasteiger partial charge in [-0.15, -0.1) is 0 Å². The molecule has 0 saturated heterocycles. The standard InChI is InChI=1S/C17H17NO5S/c1-3-22-17(19)16(11-8-14-5-4-12-23-14)18-24(20,21)15-9-6-13(2)7-10-15/h4-12H,3H2,1-2H3/b11-8+,18-16-. The zero-order valence-electron chi connectivity index (χ0n) is 13.3. The summed E-state index contributed by atoms with van der Waals surface area (Å²) < 4.78 is 38.3. The van der Waals surface area contributed by atoms with Gasteiger partial charge in [-0.1, -0.05) is 17.7 Å². The lowest BCUT2D eigenvalue weighted by molar-refractivity contribution is -0.134. The number of hydrogen-bond acceptors (Lipinski definition) is 5. The van der Waals surface area contributed by atoms with Crippen LogP contribution >= 0.6 is 0 Å². The molecule has 0 spiro atoms. The Morgan fingerprint density at radius 3 is 2.54 bits per heavy atom. The maximum atomic E-state index is 12.4. The topological polar surface area (TPSA) is 85.9 Å². The molecule has 24 heavy (non-hydrogen) atoms. The molecule has 0 atom stereocenters. The Morgan fingerprint density at radius 2 is 1.96 bits per heavy atom. The van der Waals surface area contributed by atoms with Crippen LogP contribution in [-0.2, 0) is 19.6 Å². The van der Waals surface area contributed by atoms with Crippen LogP contribution in [0.4, 0.5) is 0 Å². The summed E-state index contributed by atoms with van der Waals surface area (Å²) >= 11 is 0. The van der Waals surface area contributed by atoms with E-state index in [1.165, 1.54) is 30.5 Å². The summed E-state index contributed by atoms with van der Waals surface area (Å²) in [6.45, 7) is 3.58. The van der Waals surface area contributed by atoms with Crippen molar-refractivity contribution in [2.75, 3.05) is 6.61 Å². The highest BCUT2D eigenvalue weighted by Gasteiger charge is 2.18. The molecule has 0 aliphatic rings. The van der Waals surface area contributed by atoms with E-state index < -0.39 is 16.0 Å². The highest BCUT2D eigenvalue weighted by atomic mass is 32.2. The van der Waals surface area contributed by atoms with E-state index >= 15 is 0 Å². The SMILES string of the molecule is CCOC(=O)C(/C=C/c1ccco1)=N\S(=O)(=O)c1ccc(C)cc1. The van der Waals surface area contributed by atoms with E-state index in [1.54, 1.807) is 31.2 Å². The first kappa shape index (κ1) is 17.7. The van der Waals surface area contributed by atoms with Crippen molar-refractivity contribution in [3.05, 3.63) is 60.1 Å². The van der Waals surface area contributed by atoms with Gasteiger partial charge in [-0.2, -0.15) is 12.8 Å². The molecule has 6 nitrogen and oxygen atoms in total. The molecular weight excluding hydrogens is 330 g/mol. The van der Waals surface area contributed by atoms with Crippen molar-refractivity contribution in [2.24, 2.45) is 4.40 Å². The summed E-state index contributed by atoms with van der Waals surface area (Å²) in [6.07, 6.45) is 4.16. The first-order valence-corrected chi connectivity index (χ1v) is 8.66. The van der Waals surface area contributed by atoms with Gasteiger partial charge in [0.05, 0.1) is 17.8 Å². The average molecular weight is 347 g/mol. The van der Waals surface area contributed by atoms with E-state index in [2.05, 4.69) is 4.40 Å². The lowest BCUT2D eigenvalue weighted by Gasteiger charge is -2.03. The predicted octanol–water partition coefficient (Wildman–Crippen LogP) is 2.99. The van der Waals surface area contributed by atoms with Crippen molar-refractivity contribution in [2.45, 2.75) is 18.7 Å². The number of benzene rings is 1. The van der Waals surface area contributed by atoms with E-state index in [-0.39, 0.29) is 17.2 Å². The van der Waals surface area contributed by atoms with Gasteiger partial charge in [0.25, 0.3) is 10.0 Å². The number of rotatable bonds is 6. The number of carbonyl (C=O) groups is 1. The quantitative estimate of drug-likeness (QED) is 0.592. The van der Waals surface area contributed by atoms with Crippen LogP contribution in [0, 0.1) is 6.92 Å². The molecule has 1 heterocycles. The Balaban J connectivity index is 2.39. The zero-order valence-corrected chi connectivity index (χ0v) is 14.1. The van der Waals surface area contributed by atoms with Crippen LogP contribution in [0.1, 0.15) is 18.2 Å². The summed E-state index contributed by atoms with van der Waals surface area (Å²) in [7, 11) is -4.03. The average Bonchev–Trinajstić information content (AvgIpc) is 3.05. The molecule has 0 amide bonds. The van der Waals surface area contributed by atoms with Crippen molar-refractivity contribution >= 4 is 27.8 Å². The monoisotopic (exact) mass is 347 g/mol. The van der Waals surface area contributed by atoms with Crippen LogP contribution in [-0.4, -0.2) is 26.7 Å². The summed E-state index contributed by atoms with van der Waals surface area (Å²) in [5.74, 6) is -0.365. The van der Waals surface area contributed by atoms with Crippen molar-refractivity contribution in [1.29, 1.82) is 0 Å². The summed E-state index contributed by atoms with van der Waals surface area (Å²) in [5, 5.41) is 0. The maximum absolute atomic E-state index is 12.4. The van der Waals surface area contributed by atoms with Gasteiger partial charge < -0.3 is 9.15 Å². The molecule has 0 aliphatic heterocycles. The van der Waals surface area contributed by atoms with E-state index in [4.69, 9.17) is 9.15 Å². The number of hydrogen-bond donors (Lipinski definition) is 0. The molecule has 1 aromatic heterocycles. The Bertz CT molecular complexity index is 847. The van der Waals surface area contributed by atoms with Gasteiger partial charge in [-0.25, -0.2) is 4.79 Å². The van der Waals surface area contributed by atoms with Gasteiger partial charge in [0.2, 0.25) is 0 Å². The Kier molecular flexibility index (Phi) is 5.70. The van der Waals surface area contributed by atoms with Crippen molar-refractivity contribution in [3.8, 4) is 0 Å². The lowest BCUT2D eigenvalue weighted by Crippen LogP contribution is -2.17. The highest BCUT2D eigenvalue weighted by Crippen LogP contribution is 2.14. The molecule has 2 aromatic rings. The first-order valence-electron chi connectivity index (χ1n) is 7.22. The van der Waals surface area contributed by atoms with Gasteiger partial charge in [-0.05, 0) is 50.3 Å². The van der Waals surface area contributed by atoms with Crippen LogP contribution < -0.4 is 0 Å². The molecule has 0 unspecified atom stereocenters. The van der Waals surface area contributed by atoms with E-state index in [1.807, 2.05) is 6.92 Å². The van der Waals surface area contributed by atoms with Crippen molar-refractivity contribution in [1.82, 2.24) is 0 Å². The third-order valence-electron chi connectivity index (χ3n) is 2.97. The Morgan fingerprint density at radius 1 is 1.25 bits per heavy atom. The molecule has 1 aromatic carbocycles. The minimum Gasteiger partial charge on any atom is -0.465 e. The fraction of sp³-hybridized carbons (Fsp3) is 0.176. The number of sulfonamides is 1. The molecule has 7 heteroatoms. The van der Waals surface area contributed by atoms with Crippen molar-refractivity contribution in [3.63, 3.8) is 0 Å². The highest BCUT2D eigenvalue weighted by molar-refractivity contribution is 7.90. The van der Waals surface area contributed by atoms with Gasteiger partial charge >= 0.3 is 5.97 Å². The minimum absolute atomic E-state index is 0.00120. The molecule has 0 radical (unpaired) electrons. The lowest BCUT2D eigenvalue weighted by atomic mass is 10.2. The second-order valence-corrected chi connectivity index (χ2v) is 6.44. The van der Waals surface area contributed by atoms with Crippen molar-refractivity contribution < 1.29 is 22.4 Å². The molecule has 0 bridgehead atoms. The summed E-state index contributed by atoms with van der Waals surface area (Å²) in [6, 6.07) is 9.52. The van der Waals surface area contributed by atoms with E-state index in [9.17, 15) is 13.2 Å². The fourth-order valence-corrected chi connectivity index (χ4v) is 2.76. The van der Waals surface area contributed by atoms with Gasteiger partial charge in [0.1, 0.15) is 5.76 Å². The van der Waals surface area contributed by atoms with Crippen LogP contribution in [0.3, 0.4) is 0 Å². The minimum atomic E-state index is -4.03. The maximum Gasteiger partial charge on any atom is 0.357 e. The molecule has 126 valence electrons. The normalized spacial score (nSPS) is 12.5. The number of esters is 1. The van der Waals surface area contributed by atoms with Gasteiger partial charge in [-0.3, -0.25) is 0 Å². The number of furan rings is 1. The number of carbonyl (C=O) groups excluding carboxylic acids is 1. The fourth-order valence-electron chi connectivity index (χ4n) is 1.78. The summed E-state index contributed by atoms with van der Waals surface area (Å²) in [4.78, 5) is 12.0. The zero-order chi connectivity index (χ0) is 17.6. The second-order valence-electron chi connectivity index (χ2n) is 4.83. The predicted molar refractivity (Wildman–Crippen MR) is 90.2 cm³/mol. The summed E-state index contributed by atoms with van der Waals surface area (Å²) in [5.41, 5.74) is 0.593. The largest absolute Gasteiger partial charge is 0.465 e.